The van der Waals surface area contributed by atoms with Gasteiger partial charge in [0.1, 0.15) is 17.5 Å². The highest BCUT2D eigenvalue weighted by molar-refractivity contribution is 6.44. The van der Waals surface area contributed by atoms with Crippen molar-refractivity contribution < 1.29 is 4.79 Å². The zero-order chi connectivity index (χ0) is 19.2. The van der Waals surface area contributed by atoms with Gasteiger partial charge in [-0.05, 0) is 24.3 Å². The van der Waals surface area contributed by atoms with Gasteiger partial charge >= 0.3 is 0 Å². The first-order valence-electron chi connectivity index (χ1n) is 8.36. The zero-order valence-electron chi connectivity index (χ0n) is 14.4. The number of nitrogens with zero attached hydrogens (tertiary/aromatic N) is 4. The van der Waals surface area contributed by atoms with Gasteiger partial charge in [0.2, 0.25) is 0 Å². The Bertz CT molecular complexity index is 887. The number of piperazine rings is 1. The molecule has 0 radical (unpaired) electrons. The van der Waals surface area contributed by atoms with E-state index in [9.17, 15) is 10.1 Å². The maximum atomic E-state index is 12.4. The van der Waals surface area contributed by atoms with Crippen LogP contribution >= 0.6 is 23.2 Å². The second-order valence-corrected chi connectivity index (χ2v) is 6.71. The maximum absolute atomic E-state index is 12.4. The molecule has 2 heterocycles. The summed E-state index contributed by atoms with van der Waals surface area (Å²) in [5.74, 6) is 0.406. The number of hydrogen-bond donors (Lipinski definition) is 1. The molecule has 8 heteroatoms. The summed E-state index contributed by atoms with van der Waals surface area (Å²) in [5.41, 5.74) is 0.382. The number of benzene rings is 1. The Morgan fingerprint density at radius 1 is 1.15 bits per heavy atom. The fraction of sp³-hybridized carbons (Fsp3) is 0.211. The van der Waals surface area contributed by atoms with E-state index < -0.39 is 5.91 Å². The highest BCUT2D eigenvalue weighted by atomic mass is 35.5. The van der Waals surface area contributed by atoms with Gasteiger partial charge in [-0.3, -0.25) is 4.79 Å². The average Bonchev–Trinajstić information content (AvgIpc) is 2.70. The van der Waals surface area contributed by atoms with E-state index in [4.69, 9.17) is 23.2 Å². The number of nitriles is 1. The molecule has 1 aromatic carbocycles. The van der Waals surface area contributed by atoms with Crippen LogP contribution in [-0.2, 0) is 4.79 Å². The molecule has 1 aliphatic rings. The van der Waals surface area contributed by atoms with Crippen LogP contribution in [0, 0.1) is 11.3 Å². The fourth-order valence-electron chi connectivity index (χ4n) is 2.73. The number of hydrogen-bond acceptors (Lipinski definition) is 5. The molecule has 1 N–H and O–H groups in total. The van der Waals surface area contributed by atoms with Gasteiger partial charge in [-0.1, -0.05) is 35.3 Å². The topological polar surface area (TPSA) is 72.3 Å². The van der Waals surface area contributed by atoms with Crippen molar-refractivity contribution in [2.75, 3.05) is 36.4 Å². The van der Waals surface area contributed by atoms with E-state index >= 15 is 0 Å². The van der Waals surface area contributed by atoms with E-state index in [1.807, 2.05) is 29.2 Å². The largest absolute Gasteiger partial charge is 0.373 e. The lowest BCUT2D eigenvalue weighted by atomic mass is 10.2. The summed E-state index contributed by atoms with van der Waals surface area (Å²) in [6.45, 7) is 2.89. The Morgan fingerprint density at radius 2 is 1.93 bits per heavy atom. The van der Waals surface area contributed by atoms with E-state index in [2.05, 4.69) is 15.2 Å². The summed E-state index contributed by atoms with van der Waals surface area (Å²) in [7, 11) is 0. The highest BCUT2D eigenvalue weighted by Gasteiger charge is 2.19. The van der Waals surface area contributed by atoms with Crippen molar-refractivity contribution in [2.24, 2.45) is 0 Å². The molecule has 2 aromatic rings. The molecule has 1 saturated heterocycles. The van der Waals surface area contributed by atoms with Crippen molar-refractivity contribution in [3.8, 4) is 6.07 Å². The third-order valence-corrected chi connectivity index (χ3v) is 4.98. The molecule has 1 aliphatic heterocycles. The number of halogens is 2. The van der Waals surface area contributed by atoms with Gasteiger partial charge in [0.25, 0.3) is 5.91 Å². The van der Waals surface area contributed by atoms with Crippen LogP contribution < -0.4 is 10.2 Å². The Labute approximate surface area is 167 Å². The Kier molecular flexibility index (Phi) is 6.17. The molecule has 1 fully saturated rings. The number of anilines is 2. The monoisotopic (exact) mass is 401 g/mol. The summed E-state index contributed by atoms with van der Waals surface area (Å²) in [4.78, 5) is 20.9. The summed E-state index contributed by atoms with van der Waals surface area (Å²) in [6.07, 6.45) is 3.35. The first-order chi connectivity index (χ1) is 13.1. The number of aromatic nitrogens is 1. The number of nitrogens with one attached hydrogen (secondary N) is 1. The molecule has 0 atom stereocenters. The molecular formula is C19H17Cl2N5O. The lowest BCUT2D eigenvalue weighted by molar-refractivity contribution is -0.112. The smallest absolute Gasteiger partial charge is 0.267 e. The van der Waals surface area contributed by atoms with Crippen molar-refractivity contribution in [3.63, 3.8) is 0 Å². The van der Waals surface area contributed by atoms with Crippen LogP contribution in [0.4, 0.5) is 11.5 Å². The van der Waals surface area contributed by atoms with Crippen LogP contribution in [0.1, 0.15) is 0 Å². The van der Waals surface area contributed by atoms with Crippen LogP contribution in [0.15, 0.2) is 54.4 Å². The minimum atomic E-state index is -0.520. The molecule has 3 rings (SSSR count). The van der Waals surface area contributed by atoms with E-state index in [0.29, 0.717) is 23.8 Å². The molecule has 0 aliphatic carbocycles. The summed E-state index contributed by atoms with van der Waals surface area (Å²) >= 11 is 12.0. The van der Waals surface area contributed by atoms with Crippen molar-refractivity contribution in [1.82, 2.24) is 9.88 Å². The third kappa shape index (κ3) is 4.70. The van der Waals surface area contributed by atoms with Gasteiger partial charge in [0.15, 0.2) is 0 Å². The Balaban J connectivity index is 1.64. The lowest BCUT2D eigenvalue weighted by Gasteiger charge is -2.34. The van der Waals surface area contributed by atoms with Crippen molar-refractivity contribution in [1.29, 1.82) is 5.26 Å². The van der Waals surface area contributed by atoms with Crippen LogP contribution in [0.25, 0.3) is 0 Å². The predicted octanol–water partition coefficient (Wildman–Crippen LogP) is 3.56. The summed E-state index contributed by atoms with van der Waals surface area (Å²) < 4.78 is 0. The number of carbonyl (C=O) groups excluding carboxylic acids is 1. The quantitative estimate of drug-likeness (QED) is 0.626. The van der Waals surface area contributed by atoms with Crippen LogP contribution in [0.2, 0.25) is 10.0 Å². The summed E-state index contributed by atoms with van der Waals surface area (Å²) in [6, 6.07) is 12.7. The lowest BCUT2D eigenvalue weighted by Crippen LogP contribution is -2.44. The molecule has 0 spiro atoms. The van der Waals surface area contributed by atoms with Gasteiger partial charge in [-0.2, -0.15) is 5.26 Å². The van der Waals surface area contributed by atoms with Crippen LogP contribution in [-0.4, -0.2) is 42.0 Å². The van der Waals surface area contributed by atoms with Gasteiger partial charge in [-0.15, -0.1) is 0 Å². The minimum absolute atomic E-state index is 0.0114. The van der Waals surface area contributed by atoms with Gasteiger partial charge < -0.3 is 15.1 Å². The van der Waals surface area contributed by atoms with Gasteiger partial charge in [0.05, 0.1) is 15.7 Å². The molecule has 6 nitrogen and oxygen atoms in total. The normalized spacial score (nSPS) is 14.6. The van der Waals surface area contributed by atoms with E-state index in [1.54, 1.807) is 30.6 Å². The minimum Gasteiger partial charge on any atom is -0.373 e. The van der Waals surface area contributed by atoms with Crippen LogP contribution in [0.5, 0.6) is 0 Å². The van der Waals surface area contributed by atoms with E-state index in [1.165, 1.54) is 0 Å². The molecule has 27 heavy (non-hydrogen) atoms. The third-order valence-electron chi connectivity index (χ3n) is 4.16. The van der Waals surface area contributed by atoms with E-state index in [0.717, 1.165) is 18.9 Å². The Hall–Kier alpha value is -2.75. The molecule has 1 aromatic heterocycles. The predicted molar refractivity (Wildman–Crippen MR) is 107 cm³/mol. The average molecular weight is 402 g/mol. The molecule has 1 amide bonds. The molecular weight excluding hydrogens is 385 g/mol. The second kappa shape index (κ2) is 8.76. The fourth-order valence-corrected chi connectivity index (χ4v) is 3.08. The molecule has 0 unspecified atom stereocenters. The maximum Gasteiger partial charge on any atom is 0.267 e. The standard InChI is InChI=1S/C19H17Cl2N5O/c20-15-4-3-5-16(18(15)21)24-19(27)14(12-22)13-25-8-10-26(11-9-25)17-6-1-2-7-23-17/h1-7,13H,8-11H2,(H,24,27)/b14-13-. The molecule has 138 valence electrons. The first-order valence-corrected chi connectivity index (χ1v) is 9.11. The highest BCUT2D eigenvalue weighted by Crippen LogP contribution is 2.29. The molecule has 0 saturated carbocycles. The number of rotatable bonds is 4. The first kappa shape index (κ1) is 19.0. The second-order valence-electron chi connectivity index (χ2n) is 5.92. The van der Waals surface area contributed by atoms with Crippen molar-refractivity contribution in [3.05, 3.63) is 64.4 Å². The van der Waals surface area contributed by atoms with Crippen molar-refractivity contribution >= 4 is 40.6 Å². The van der Waals surface area contributed by atoms with Crippen LogP contribution in [0.3, 0.4) is 0 Å². The zero-order valence-corrected chi connectivity index (χ0v) is 15.9. The summed E-state index contributed by atoms with van der Waals surface area (Å²) in [5, 5.41) is 12.6. The SMILES string of the molecule is N#C/C(=C/N1CCN(c2ccccn2)CC1)C(=O)Nc1cccc(Cl)c1Cl. The number of amides is 1. The van der Waals surface area contributed by atoms with Gasteiger partial charge in [0, 0.05) is 38.6 Å². The Morgan fingerprint density at radius 3 is 2.59 bits per heavy atom. The van der Waals surface area contributed by atoms with Crippen molar-refractivity contribution in [2.45, 2.75) is 0 Å². The molecule has 0 bridgehead atoms. The number of carbonyl (C=O) groups is 1. The van der Waals surface area contributed by atoms with Gasteiger partial charge in [-0.25, -0.2) is 4.98 Å². The van der Waals surface area contributed by atoms with E-state index in [-0.39, 0.29) is 10.6 Å². The number of pyridine rings is 1.